The third kappa shape index (κ3) is 6.64. The summed E-state index contributed by atoms with van der Waals surface area (Å²) in [6.07, 6.45) is 3.90. The largest absolute Gasteiger partial charge is 0.384 e. The molecule has 0 unspecified atom stereocenters. The van der Waals surface area contributed by atoms with Gasteiger partial charge in [0.05, 0.1) is 10.5 Å². The average Bonchev–Trinajstić information content (AvgIpc) is 2.88. The van der Waals surface area contributed by atoms with Crippen molar-refractivity contribution in [2.24, 2.45) is 10.7 Å². The maximum Gasteiger partial charge on any atom is 0.251 e. The molecule has 1 amide bonds. The number of carbonyl (C=O) groups excluding carboxylic acids is 1. The van der Waals surface area contributed by atoms with Gasteiger partial charge in [-0.05, 0) is 53.9 Å². The van der Waals surface area contributed by atoms with Crippen molar-refractivity contribution < 1.29 is 4.79 Å². The highest BCUT2D eigenvalue weighted by molar-refractivity contribution is 6.31. The van der Waals surface area contributed by atoms with Crippen molar-refractivity contribution in [3.63, 3.8) is 0 Å². The van der Waals surface area contributed by atoms with Crippen LogP contribution in [-0.2, 0) is 13.0 Å². The maximum atomic E-state index is 12.7. The van der Waals surface area contributed by atoms with E-state index in [9.17, 15) is 4.79 Å². The number of hydrogen-bond acceptors (Lipinski definition) is 4. The van der Waals surface area contributed by atoms with Crippen LogP contribution in [0.2, 0.25) is 5.02 Å². The molecular weight excluding hydrogens is 458 g/mol. The summed E-state index contributed by atoms with van der Waals surface area (Å²) in [4.78, 5) is 25.5. The zero-order chi connectivity index (χ0) is 25.4. The molecule has 0 radical (unpaired) electrons. The van der Waals surface area contributed by atoms with E-state index in [1.54, 1.807) is 25.5 Å². The van der Waals surface area contributed by atoms with Crippen LogP contribution in [0, 0.1) is 6.92 Å². The van der Waals surface area contributed by atoms with Crippen LogP contribution >= 0.6 is 11.6 Å². The molecule has 6 nitrogen and oxygen atoms in total. The first-order chi connectivity index (χ1) is 16.9. The van der Waals surface area contributed by atoms with E-state index in [0.717, 1.165) is 38.9 Å². The number of hydrogen-bond donors (Lipinski definition) is 2. The monoisotopic (exact) mass is 487 g/mol. The predicted molar refractivity (Wildman–Crippen MR) is 144 cm³/mol. The van der Waals surface area contributed by atoms with Crippen molar-refractivity contribution in [2.45, 2.75) is 33.7 Å². The predicted octanol–water partition coefficient (Wildman–Crippen LogP) is 5.47. The molecule has 0 saturated carbocycles. The number of aliphatic imine (C=N–C) groups is 1. The maximum absolute atomic E-state index is 12.7. The molecule has 3 N–H and O–H groups in total. The molecule has 0 spiro atoms. The molecule has 0 saturated heterocycles. The number of nitrogens with one attached hydrogen (secondary N) is 1. The van der Waals surface area contributed by atoms with Crippen LogP contribution in [0.4, 0.5) is 0 Å². The lowest BCUT2D eigenvalue weighted by Gasteiger charge is -2.10. The number of benzene rings is 2. The van der Waals surface area contributed by atoms with Gasteiger partial charge in [-0.25, -0.2) is 0 Å². The molecule has 0 aliphatic rings. The Kier molecular flexibility index (Phi) is 8.92. The van der Waals surface area contributed by atoms with E-state index < -0.39 is 0 Å². The highest BCUT2D eigenvalue weighted by Gasteiger charge is 2.09. The van der Waals surface area contributed by atoms with E-state index in [4.69, 9.17) is 17.3 Å². The molecule has 35 heavy (non-hydrogen) atoms. The van der Waals surface area contributed by atoms with Crippen molar-refractivity contribution in [3.05, 3.63) is 106 Å². The highest BCUT2D eigenvalue weighted by Crippen LogP contribution is 2.20. The van der Waals surface area contributed by atoms with Crippen LogP contribution < -0.4 is 11.1 Å². The van der Waals surface area contributed by atoms with Crippen LogP contribution in [0.5, 0.6) is 0 Å². The Balaban J connectivity index is 0.00000167. The minimum Gasteiger partial charge on any atom is -0.384 e. The van der Waals surface area contributed by atoms with Gasteiger partial charge >= 0.3 is 0 Å². The first kappa shape index (κ1) is 25.8. The lowest BCUT2D eigenvalue weighted by Crippen LogP contribution is -2.23. The Bertz CT molecular complexity index is 1370. The van der Waals surface area contributed by atoms with Crippen molar-refractivity contribution in [1.82, 2.24) is 15.3 Å². The van der Waals surface area contributed by atoms with Gasteiger partial charge in [-0.15, -0.1) is 0 Å². The van der Waals surface area contributed by atoms with Crippen molar-refractivity contribution in [1.29, 1.82) is 0 Å². The minimum absolute atomic E-state index is 0.149. The van der Waals surface area contributed by atoms with Gasteiger partial charge in [0.1, 0.15) is 5.84 Å². The van der Waals surface area contributed by atoms with Crippen LogP contribution in [0.1, 0.15) is 52.2 Å². The Morgan fingerprint density at radius 2 is 1.80 bits per heavy atom. The van der Waals surface area contributed by atoms with Gasteiger partial charge in [-0.1, -0.05) is 49.7 Å². The molecule has 4 rings (SSSR count). The van der Waals surface area contributed by atoms with Crippen LogP contribution in [0.15, 0.2) is 72.0 Å². The molecule has 2 aromatic carbocycles. The first-order valence-corrected chi connectivity index (χ1v) is 11.9. The normalized spacial score (nSPS) is 11.1. The quantitative estimate of drug-likeness (QED) is 0.278. The van der Waals surface area contributed by atoms with Gasteiger partial charge in [-0.3, -0.25) is 19.8 Å². The molecule has 0 fully saturated rings. The molecule has 180 valence electrons. The summed E-state index contributed by atoms with van der Waals surface area (Å²) in [7, 11) is 1.67. The fourth-order valence-corrected chi connectivity index (χ4v) is 3.88. The van der Waals surface area contributed by atoms with Gasteiger partial charge in [-0.2, -0.15) is 0 Å². The number of nitrogens with zero attached hydrogens (tertiary/aromatic N) is 3. The van der Waals surface area contributed by atoms with Gasteiger partial charge in [0.15, 0.2) is 0 Å². The number of amidine groups is 1. The second-order valence-electron chi connectivity index (χ2n) is 7.83. The lowest BCUT2D eigenvalue weighted by molar-refractivity contribution is 0.0950. The third-order valence-electron chi connectivity index (χ3n) is 5.44. The van der Waals surface area contributed by atoms with E-state index in [0.29, 0.717) is 29.4 Å². The summed E-state index contributed by atoms with van der Waals surface area (Å²) >= 11 is 6.07. The number of amides is 1. The Hall–Kier alpha value is -3.77. The summed E-state index contributed by atoms with van der Waals surface area (Å²) < 4.78 is 0. The lowest BCUT2D eigenvalue weighted by atomic mass is 10.0. The van der Waals surface area contributed by atoms with E-state index >= 15 is 0 Å². The molecule has 7 heteroatoms. The zero-order valence-electron chi connectivity index (χ0n) is 20.5. The van der Waals surface area contributed by atoms with Gasteiger partial charge in [0.25, 0.3) is 5.91 Å². The van der Waals surface area contributed by atoms with Crippen molar-refractivity contribution in [3.8, 4) is 0 Å². The number of carbonyl (C=O) groups is 1. The van der Waals surface area contributed by atoms with Gasteiger partial charge < -0.3 is 11.1 Å². The molecule has 4 aromatic rings. The average molecular weight is 488 g/mol. The SMILES string of the molecule is CC.CN=C(N)c1ccc(CNC(=O)c2ccnc(Cc3ccc4ncc(Cl)cc4c3)c2)cc1C. The van der Waals surface area contributed by atoms with E-state index in [-0.39, 0.29) is 5.91 Å². The zero-order valence-corrected chi connectivity index (χ0v) is 21.2. The van der Waals surface area contributed by atoms with Crippen LogP contribution in [0.3, 0.4) is 0 Å². The Labute approximate surface area is 211 Å². The van der Waals surface area contributed by atoms with Crippen LogP contribution in [0.25, 0.3) is 10.9 Å². The Morgan fingerprint density at radius 3 is 2.54 bits per heavy atom. The molecule has 0 atom stereocenters. The number of fused-ring (bicyclic) bond motifs is 1. The Morgan fingerprint density at radius 1 is 1.03 bits per heavy atom. The second-order valence-corrected chi connectivity index (χ2v) is 8.27. The summed E-state index contributed by atoms with van der Waals surface area (Å²) in [6.45, 7) is 6.39. The molecular formula is C28H30ClN5O. The summed E-state index contributed by atoms with van der Waals surface area (Å²) in [5.41, 5.74) is 12.2. The fourth-order valence-electron chi connectivity index (χ4n) is 3.72. The number of halogens is 1. The van der Waals surface area contributed by atoms with Crippen LogP contribution in [-0.4, -0.2) is 28.8 Å². The number of nitrogens with two attached hydrogens (primary N) is 1. The van der Waals surface area contributed by atoms with E-state index in [1.165, 1.54) is 0 Å². The number of rotatable bonds is 6. The number of aryl methyl sites for hydroxylation is 1. The molecule has 0 bridgehead atoms. The van der Waals surface area contributed by atoms with E-state index in [1.807, 2.05) is 69.3 Å². The highest BCUT2D eigenvalue weighted by atomic mass is 35.5. The fraction of sp³-hybridized carbons (Fsp3) is 0.214. The molecule has 2 heterocycles. The summed E-state index contributed by atoms with van der Waals surface area (Å²) in [5, 5.41) is 4.55. The van der Waals surface area contributed by atoms with Crippen molar-refractivity contribution >= 4 is 34.2 Å². The molecule has 2 aromatic heterocycles. The smallest absolute Gasteiger partial charge is 0.251 e. The van der Waals surface area contributed by atoms with Crippen molar-refractivity contribution in [2.75, 3.05) is 7.05 Å². The van der Waals surface area contributed by atoms with Gasteiger partial charge in [0, 0.05) is 54.6 Å². The second kappa shape index (κ2) is 12.1. The van der Waals surface area contributed by atoms with E-state index in [2.05, 4.69) is 20.3 Å². The minimum atomic E-state index is -0.149. The topological polar surface area (TPSA) is 93.3 Å². The van der Waals surface area contributed by atoms with Gasteiger partial charge in [0.2, 0.25) is 0 Å². The number of aromatic nitrogens is 2. The number of pyridine rings is 2. The molecule has 0 aliphatic carbocycles. The summed E-state index contributed by atoms with van der Waals surface area (Å²) in [5.74, 6) is 0.350. The standard InChI is InChI=1S/C26H24ClN5O.C2H6/c1-16-9-18(3-5-23(16)25(28)29-2)14-32-26(33)19-7-8-30-22(13-19)11-17-4-6-24-20(10-17)12-21(27)15-31-24;1-2/h3-10,12-13,15H,11,14H2,1-2H3,(H2,28,29)(H,32,33);1-2H3. The third-order valence-corrected chi connectivity index (χ3v) is 5.64. The molecule has 0 aliphatic heterocycles. The first-order valence-electron chi connectivity index (χ1n) is 11.5. The summed E-state index contributed by atoms with van der Waals surface area (Å²) in [6, 6.07) is 17.3.